The minimum atomic E-state index is -0.456. The first kappa shape index (κ1) is 17.4. The molecule has 1 saturated carbocycles. The van der Waals surface area contributed by atoms with Crippen LogP contribution in [0, 0.1) is 11.8 Å². The first-order valence-corrected chi connectivity index (χ1v) is 9.93. The van der Waals surface area contributed by atoms with Crippen molar-refractivity contribution in [3.63, 3.8) is 0 Å². The van der Waals surface area contributed by atoms with Crippen LogP contribution in [0.1, 0.15) is 28.8 Å². The summed E-state index contributed by atoms with van der Waals surface area (Å²) >= 11 is 0. The molecule has 3 heterocycles. The SMILES string of the molecule is O=C(c1cccc2c1OCC2)N1C[C@H]2C[C@@H](Nc3cnccn3)[C@H](O)C[C@H]2C1. The summed E-state index contributed by atoms with van der Waals surface area (Å²) in [6.45, 7) is 2.06. The molecule has 2 aromatic rings. The molecule has 2 N–H and O–H groups in total. The van der Waals surface area contributed by atoms with Crippen LogP contribution in [-0.2, 0) is 6.42 Å². The Hall–Kier alpha value is -2.67. The number of carbonyl (C=O) groups is 1. The van der Waals surface area contributed by atoms with Gasteiger partial charge < -0.3 is 20.1 Å². The minimum Gasteiger partial charge on any atom is -0.492 e. The Morgan fingerprint density at radius 1 is 1.21 bits per heavy atom. The molecule has 7 heteroatoms. The second kappa shape index (κ2) is 7.05. The van der Waals surface area contributed by atoms with Gasteiger partial charge in [-0.15, -0.1) is 0 Å². The summed E-state index contributed by atoms with van der Waals surface area (Å²) in [4.78, 5) is 23.4. The third-order valence-electron chi connectivity index (χ3n) is 6.27. The van der Waals surface area contributed by atoms with E-state index in [1.54, 1.807) is 18.6 Å². The Morgan fingerprint density at radius 2 is 2.07 bits per heavy atom. The number of carbonyl (C=O) groups excluding carboxylic acids is 1. The highest BCUT2D eigenvalue weighted by Gasteiger charge is 2.43. The molecule has 1 aliphatic carbocycles. The zero-order valence-electron chi connectivity index (χ0n) is 15.6. The van der Waals surface area contributed by atoms with Crippen LogP contribution in [0.15, 0.2) is 36.8 Å². The summed E-state index contributed by atoms with van der Waals surface area (Å²) in [5.41, 5.74) is 1.79. The maximum Gasteiger partial charge on any atom is 0.257 e. The molecule has 0 radical (unpaired) electrons. The quantitative estimate of drug-likeness (QED) is 0.843. The van der Waals surface area contributed by atoms with Crippen molar-refractivity contribution in [2.24, 2.45) is 11.8 Å². The first-order chi connectivity index (χ1) is 13.7. The summed E-state index contributed by atoms with van der Waals surface area (Å²) in [7, 11) is 0. The molecule has 1 aromatic carbocycles. The Bertz CT molecular complexity index is 875. The zero-order chi connectivity index (χ0) is 19.1. The van der Waals surface area contributed by atoms with Gasteiger partial charge in [-0.25, -0.2) is 4.98 Å². The highest BCUT2D eigenvalue weighted by molar-refractivity contribution is 5.97. The zero-order valence-corrected chi connectivity index (χ0v) is 15.6. The maximum absolute atomic E-state index is 13.2. The molecule has 3 aliphatic rings. The number of aromatic nitrogens is 2. The molecule has 2 fully saturated rings. The van der Waals surface area contributed by atoms with Crippen LogP contribution in [0.25, 0.3) is 0 Å². The van der Waals surface area contributed by atoms with E-state index in [9.17, 15) is 9.90 Å². The molecule has 1 aromatic heterocycles. The first-order valence-electron chi connectivity index (χ1n) is 9.93. The molecule has 2 aliphatic heterocycles. The molecule has 0 spiro atoms. The van der Waals surface area contributed by atoms with E-state index in [-0.39, 0.29) is 11.9 Å². The standard InChI is InChI=1S/C21H24N4O3/c26-18-9-15-12-25(21(27)16-3-1-2-13-4-7-28-20(13)16)11-14(15)8-17(18)24-19-10-22-5-6-23-19/h1-3,5-6,10,14-15,17-18,26H,4,7-9,11-12H2,(H,23,24)/t14-,15+,17-,18-/m1/s1. The van der Waals surface area contributed by atoms with E-state index in [1.165, 1.54) is 0 Å². The third kappa shape index (κ3) is 3.09. The van der Waals surface area contributed by atoms with Crippen LogP contribution < -0.4 is 10.1 Å². The Balaban J connectivity index is 1.29. The highest BCUT2D eigenvalue weighted by Crippen LogP contribution is 2.39. The van der Waals surface area contributed by atoms with Gasteiger partial charge >= 0.3 is 0 Å². The van der Waals surface area contributed by atoms with E-state index in [4.69, 9.17) is 4.74 Å². The van der Waals surface area contributed by atoms with E-state index >= 15 is 0 Å². The summed E-state index contributed by atoms with van der Waals surface area (Å²) in [6, 6.07) is 5.76. The Morgan fingerprint density at radius 3 is 2.89 bits per heavy atom. The number of fused-ring (bicyclic) bond motifs is 2. The van der Waals surface area contributed by atoms with Gasteiger partial charge in [0, 0.05) is 31.9 Å². The number of aliphatic hydroxyl groups excluding tert-OH is 1. The summed E-state index contributed by atoms with van der Waals surface area (Å²) in [5.74, 6) is 2.18. The molecule has 0 unspecified atom stereocenters. The topological polar surface area (TPSA) is 87.6 Å². The molecular weight excluding hydrogens is 356 g/mol. The van der Waals surface area contributed by atoms with Crippen LogP contribution in [0.5, 0.6) is 5.75 Å². The average Bonchev–Trinajstić information content (AvgIpc) is 3.35. The number of nitrogens with zero attached hydrogens (tertiary/aromatic N) is 3. The van der Waals surface area contributed by atoms with Gasteiger partial charge in [0.2, 0.25) is 0 Å². The molecule has 0 bridgehead atoms. The monoisotopic (exact) mass is 380 g/mol. The van der Waals surface area contributed by atoms with Gasteiger partial charge in [-0.2, -0.15) is 0 Å². The average molecular weight is 380 g/mol. The van der Waals surface area contributed by atoms with Crippen molar-refractivity contribution in [1.82, 2.24) is 14.9 Å². The normalized spacial score (nSPS) is 28.4. The number of aliphatic hydroxyl groups is 1. The van der Waals surface area contributed by atoms with Gasteiger partial charge in [0.1, 0.15) is 11.6 Å². The smallest absolute Gasteiger partial charge is 0.257 e. The van der Waals surface area contributed by atoms with Crippen molar-refractivity contribution in [2.75, 3.05) is 25.0 Å². The van der Waals surface area contributed by atoms with Gasteiger partial charge in [-0.05, 0) is 36.3 Å². The number of nitrogens with one attached hydrogen (secondary N) is 1. The second-order valence-corrected chi connectivity index (χ2v) is 8.00. The van der Waals surface area contributed by atoms with Crippen molar-refractivity contribution in [3.8, 4) is 5.75 Å². The number of anilines is 1. The minimum absolute atomic E-state index is 0.0427. The van der Waals surface area contributed by atoms with Gasteiger partial charge in [0.25, 0.3) is 5.91 Å². The third-order valence-corrected chi connectivity index (χ3v) is 6.27. The summed E-state index contributed by atoms with van der Waals surface area (Å²) in [6.07, 6.45) is 6.84. The molecule has 28 heavy (non-hydrogen) atoms. The van der Waals surface area contributed by atoms with E-state index in [1.807, 2.05) is 23.1 Å². The fourth-order valence-electron chi connectivity index (χ4n) is 4.87. The van der Waals surface area contributed by atoms with Crippen molar-refractivity contribution in [1.29, 1.82) is 0 Å². The Kier molecular flexibility index (Phi) is 4.39. The highest BCUT2D eigenvalue weighted by atomic mass is 16.5. The molecular formula is C21H24N4O3. The summed E-state index contributed by atoms with van der Waals surface area (Å²) < 4.78 is 5.72. The van der Waals surface area contributed by atoms with Crippen molar-refractivity contribution < 1.29 is 14.6 Å². The maximum atomic E-state index is 13.2. The number of ether oxygens (including phenoxy) is 1. The van der Waals surface area contributed by atoms with Gasteiger partial charge in [-0.3, -0.25) is 9.78 Å². The summed E-state index contributed by atoms with van der Waals surface area (Å²) in [5, 5.41) is 13.9. The predicted octanol–water partition coefficient (Wildman–Crippen LogP) is 1.74. The lowest BCUT2D eigenvalue weighted by Gasteiger charge is -2.35. The number of hydrogen-bond acceptors (Lipinski definition) is 6. The van der Waals surface area contributed by atoms with Crippen LogP contribution >= 0.6 is 0 Å². The van der Waals surface area contributed by atoms with E-state index in [2.05, 4.69) is 15.3 Å². The van der Waals surface area contributed by atoms with Crippen LogP contribution in [-0.4, -0.2) is 57.7 Å². The molecule has 1 amide bonds. The molecule has 7 nitrogen and oxygen atoms in total. The number of para-hydroxylation sites is 1. The van der Waals surface area contributed by atoms with E-state index in [0.717, 1.165) is 30.7 Å². The second-order valence-electron chi connectivity index (χ2n) is 8.00. The van der Waals surface area contributed by atoms with Crippen LogP contribution in [0.3, 0.4) is 0 Å². The Labute approximate surface area is 163 Å². The lowest BCUT2D eigenvalue weighted by Crippen LogP contribution is -2.43. The largest absolute Gasteiger partial charge is 0.492 e. The molecule has 4 atom stereocenters. The fraction of sp³-hybridized carbons (Fsp3) is 0.476. The van der Waals surface area contributed by atoms with Crippen LogP contribution in [0.4, 0.5) is 5.82 Å². The predicted molar refractivity (Wildman–Crippen MR) is 103 cm³/mol. The van der Waals surface area contributed by atoms with Gasteiger partial charge in [0.05, 0.1) is 30.5 Å². The lowest BCUT2D eigenvalue weighted by atomic mass is 9.77. The van der Waals surface area contributed by atoms with E-state index < -0.39 is 6.10 Å². The van der Waals surface area contributed by atoms with Crippen molar-refractivity contribution in [2.45, 2.75) is 31.4 Å². The number of rotatable bonds is 3. The van der Waals surface area contributed by atoms with Gasteiger partial charge in [0.15, 0.2) is 0 Å². The van der Waals surface area contributed by atoms with Crippen molar-refractivity contribution in [3.05, 3.63) is 47.9 Å². The number of likely N-dealkylation sites (tertiary alicyclic amines) is 1. The lowest BCUT2D eigenvalue weighted by molar-refractivity contribution is 0.0726. The van der Waals surface area contributed by atoms with Gasteiger partial charge in [-0.1, -0.05) is 12.1 Å². The number of hydrogen-bond donors (Lipinski definition) is 2. The van der Waals surface area contributed by atoms with Crippen LogP contribution in [0.2, 0.25) is 0 Å². The fourth-order valence-corrected chi connectivity index (χ4v) is 4.87. The van der Waals surface area contributed by atoms with E-state index in [0.29, 0.717) is 42.8 Å². The number of amides is 1. The van der Waals surface area contributed by atoms with Crippen molar-refractivity contribution >= 4 is 11.7 Å². The molecule has 1 saturated heterocycles. The molecule has 146 valence electrons. The number of benzene rings is 1. The molecule has 5 rings (SSSR count).